The van der Waals surface area contributed by atoms with Crippen LogP contribution in [0.15, 0.2) is 10.9 Å². The molecule has 8 nitrogen and oxygen atoms in total. The van der Waals surface area contributed by atoms with Crippen molar-refractivity contribution < 1.29 is 9.59 Å². The maximum atomic E-state index is 12.3. The van der Waals surface area contributed by atoms with Crippen LogP contribution in [0, 0.1) is 17.8 Å². The number of carbonyl (C=O) groups is 2. The van der Waals surface area contributed by atoms with Crippen LogP contribution in [-0.2, 0) is 4.79 Å². The fraction of sp³-hybridized carbons (Fsp3) is 0.667. The Hall–Kier alpha value is -2.25. The number of aromatic nitrogens is 2. The van der Waals surface area contributed by atoms with Crippen molar-refractivity contribution in [2.75, 3.05) is 13.1 Å². The van der Waals surface area contributed by atoms with Gasteiger partial charge in [-0.25, -0.2) is 4.79 Å². The zero-order valence-electron chi connectivity index (χ0n) is 12.7. The third kappa shape index (κ3) is 2.42. The summed E-state index contributed by atoms with van der Waals surface area (Å²) in [5.41, 5.74) is 6.09. The summed E-state index contributed by atoms with van der Waals surface area (Å²) in [5.74, 6) is 0.891. The number of nitrogens with two attached hydrogens (primary N) is 1. The summed E-state index contributed by atoms with van der Waals surface area (Å²) in [6, 6.07) is 1.66. The molecule has 0 spiro atoms. The summed E-state index contributed by atoms with van der Waals surface area (Å²) in [7, 11) is 0. The van der Waals surface area contributed by atoms with Gasteiger partial charge in [0, 0.05) is 42.7 Å². The molecule has 1 aromatic heterocycles. The van der Waals surface area contributed by atoms with Crippen LogP contribution < -0.4 is 16.6 Å². The van der Waals surface area contributed by atoms with E-state index < -0.39 is 0 Å². The Morgan fingerprint density at radius 3 is 2.65 bits per heavy atom. The number of rotatable bonds is 3. The van der Waals surface area contributed by atoms with Gasteiger partial charge in [-0.3, -0.25) is 14.7 Å². The van der Waals surface area contributed by atoms with Crippen LogP contribution in [0.2, 0.25) is 0 Å². The number of likely N-dealkylation sites (tertiary alicyclic amines) is 1. The van der Waals surface area contributed by atoms with Crippen molar-refractivity contribution in [3.63, 3.8) is 0 Å². The van der Waals surface area contributed by atoms with E-state index in [1.54, 1.807) is 11.0 Å². The monoisotopic (exact) mass is 319 g/mol. The molecule has 0 aromatic carbocycles. The number of hydrogen-bond donors (Lipinski definition) is 4. The van der Waals surface area contributed by atoms with E-state index in [9.17, 15) is 14.4 Å². The van der Waals surface area contributed by atoms with Crippen molar-refractivity contribution in [2.45, 2.75) is 31.2 Å². The second-order valence-electron chi connectivity index (χ2n) is 7.10. The number of carbonyl (C=O) groups excluding carboxylic acids is 2. The lowest BCUT2D eigenvalue weighted by Crippen LogP contribution is -2.58. The van der Waals surface area contributed by atoms with E-state index in [1.807, 2.05) is 0 Å². The first-order valence-corrected chi connectivity index (χ1v) is 8.13. The SMILES string of the molecule is NC(=O)C1CC2CC(NC(=O)N3CC(c4cc(=O)[nH][nH]4)C3)C2C1. The lowest BCUT2D eigenvalue weighted by atomic mass is 9.71. The lowest BCUT2D eigenvalue weighted by Gasteiger charge is -2.44. The Labute approximate surface area is 132 Å². The lowest BCUT2D eigenvalue weighted by molar-refractivity contribution is -0.121. The van der Waals surface area contributed by atoms with Gasteiger partial charge in [0.05, 0.1) is 0 Å². The third-order valence-corrected chi connectivity index (χ3v) is 5.76. The van der Waals surface area contributed by atoms with Crippen LogP contribution in [0.5, 0.6) is 0 Å². The van der Waals surface area contributed by atoms with Crippen LogP contribution in [0.3, 0.4) is 0 Å². The number of H-pyrrole nitrogens is 2. The molecule has 4 unspecified atom stereocenters. The predicted octanol–water partition coefficient (Wildman–Crippen LogP) is -0.288. The maximum absolute atomic E-state index is 12.3. The minimum Gasteiger partial charge on any atom is -0.369 e. The molecule has 4 atom stereocenters. The highest BCUT2D eigenvalue weighted by Gasteiger charge is 2.50. The summed E-state index contributed by atoms with van der Waals surface area (Å²) in [4.78, 5) is 36.4. The molecule has 5 N–H and O–H groups in total. The summed E-state index contributed by atoms with van der Waals surface area (Å²) in [6.07, 6.45) is 2.62. The normalized spacial score (nSPS) is 32.8. The highest BCUT2D eigenvalue weighted by atomic mass is 16.2. The fourth-order valence-electron chi connectivity index (χ4n) is 4.28. The van der Waals surface area contributed by atoms with E-state index in [1.165, 1.54) is 0 Å². The molecule has 1 saturated heterocycles. The average molecular weight is 319 g/mol. The van der Waals surface area contributed by atoms with Crippen LogP contribution in [0.4, 0.5) is 4.79 Å². The van der Waals surface area contributed by atoms with Gasteiger partial charge in [-0.05, 0) is 31.1 Å². The number of primary amides is 1. The van der Waals surface area contributed by atoms with Crippen molar-refractivity contribution in [3.8, 4) is 0 Å². The summed E-state index contributed by atoms with van der Waals surface area (Å²) >= 11 is 0. The van der Waals surface area contributed by atoms with Gasteiger partial charge in [0.1, 0.15) is 0 Å². The molecule has 2 aliphatic carbocycles. The van der Waals surface area contributed by atoms with Crippen LogP contribution >= 0.6 is 0 Å². The third-order valence-electron chi connectivity index (χ3n) is 5.76. The largest absolute Gasteiger partial charge is 0.369 e. The molecular weight excluding hydrogens is 298 g/mol. The van der Waals surface area contributed by atoms with E-state index in [-0.39, 0.29) is 35.4 Å². The van der Waals surface area contributed by atoms with E-state index in [2.05, 4.69) is 15.5 Å². The Bertz CT molecular complexity index is 689. The fourth-order valence-corrected chi connectivity index (χ4v) is 4.28. The second-order valence-corrected chi connectivity index (χ2v) is 7.10. The minimum absolute atomic E-state index is 0.0225. The first-order chi connectivity index (χ1) is 11.0. The highest BCUT2D eigenvalue weighted by Crippen LogP contribution is 2.49. The van der Waals surface area contributed by atoms with Crippen molar-refractivity contribution in [1.29, 1.82) is 0 Å². The van der Waals surface area contributed by atoms with Gasteiger partial charge in [-0.15, -0.1) is 0 Å². The first-order valence-electron chi connectivity index (χ1n) is 8.13. The molecule has 3 aliphatic rings. The van der Waals surface area contributed by atoms with Gasteiger partial charge in [-0.1, -0.05) is 0 Å². The predicted molar refractivity (Wildman–Crippen MR) is 81.6 cm³/mol. The van der Waals surface area contributed by atoms with Crippen LogP contribution in [-0.4, -0.2) is 46.2 Å². The molecule has 23 heavy (non-hydrogen) atoms. The molecule has 3 amide bonds. The molecule has 0 bridgehead atoms. The standard InChI is InChI=1S/C15H21N5O3/c16-14(22)8-1-7-3-12(10(7)2-8)17-15(23)20-5-9(6-20)11-4-13(21)19-18-11/h4,7-10,12H,1-3,5-6H2,(H2,16,22)(H,17,23)(H2,18,19,21). The van der Waals surface area contributed by atoms with Gasteiger partial charge in [-0.2, -0.15) is 0 Å². The average Bonchev–Trinajstić information content (AvgIpc) is 2.99. The molecule has 3 fully saturated rings. The summed E-state index contributed by atoms with van der Waals surface area (Å²) in [6.45, 7) is 1.23. The van der Waals surface area contributed by atoms with E-state index >= 15 is 0 Å². The number of hydrogen-bond acceptors (Lipinski definition) is 3. The minimum atomic E-state index is -0.212. The van der Waals surface area contributed by atoms with Gasteiger partial charge in [0.15, 0.2) is 0 Å². The Morgan fingerprint density at radius 2 is 2.00 bits per heavy atom. The number of fused-ring (bicyclic) bond motifs is 1. The molecule has 0 radical (unpaired) electrons. The Kier molecular flexibility index (Phi) is 3.21. The second kappa shape index (κ2) is 5.14. The van der Waals surface area contributed by atoms with Crippen LogP contribution in [0.1, 0.15) is 30.9 Å². The van der Waals surface area contributed by atoms with Gasteiger partial charge >= 0.3 is 6.03 Å². The van der Waals surface area contributed by atoms with Gasteiger partial charge < -0.3 is 21.0 Å². The number of urea groups is 1. The molecular formula is C15H21N5O3. The molecule has 2 saturated carbocycles. The zero-order valence-corrected chi connectivity index (χ0v) is 12.7. The van der Waals surface area contributed by atoms with E-state index in [4.69, 9.17) is 5.73 Å². The van der Waals surface area contributed by atoms with Gasteiger partial charge in [0.25, 0.3) is 5.56 Å². The molecule has 124 valence electrons. The number of aromatic amines is 2. The van der Waals surface area contributed by atoms with Crippen LogP contribution in [0.25, 0.3) is 0 Å². The summed E-state index contributed by atoms with van der Waals surface area (Å²) < 4.78 is 0. The summed E-state index contributed by atoms with van der Waals surface area (Å²) in [5, 5.41) is 8.43. The van der Waals surface area contributed by atoms with E-state index in [0.29, 0.717) is 24.9 Å². The van der Waals surface area contributed by atoms with Gasteiger partial charge in [0.2, 0.25) is 5.91 Å². The molecule has 8 heteroatoms. The quantitative estimate of drug-likeness (QED) is 0.612. The first kappa shape index (κ1) is 14.3. The number of nitrogens with one attached hydrogen (secondary N) is 3. The van der Waals surface area contributed by atoms with Crippen molar-refractivity contribution in [2.24, 2.45) is 23.5 Å². The molecule has 4 rings (SSSR count). The van der Waals surface area contributed by atoms with Crippen molar-refractivity contribution >= 4 is 11.9 Å². The van der Waals surface area contributed by atoms with Crippen molar-refractivity contribution in [3.05, 3.63) is 22.1 Å². The number of nitrogens with zero attached hydrogens (tertiary/aromatic N) is 1. The highest BCUT2D eigenvalue weighted by molar-refractivity contribution is 5.78. The van der Waals surface area contributed by atoms with E-state index in [0.717, 1.165) is 25.0 Å². The number of amides is 3. The molecule has 1 aromatic rings. The maximum Gasteiger partial charge on any atom is 0.317 e. The topological polar surface area (TPSA) is 124 Å². The van der Waals surface area contributed by atoms with Crippen molar-refractivity contribution in [1.82, 2.24) is 20.4 Å². The Balaban J connectivity index is 1.26. The molecule has 2 heterocycles. The Morgan fingerprint density at radius 1 is 1.22 bits per heavy atom. The smallest absolute Gasteiger partial charge is 0.317 e. The zero-order chi connectivity index (χ0) is 16.1. The molecule has 1 aliphatic heterocycles.